The summed E-state index contributed by atoms with van der Waals surface area (Å²) < 4.78 is 5.62. The van der Waals surface area contributed by atoms with Crippen molar-refractivity contribution in [2.24, 2.45) is 0 Å². The number of hydrogen-bond donors (Lipinski definition) is 1. The summed E-state index contributed by atoms with van der Waals surface area (Å²) in [5.41, 5.74) is 1.36. The molecule has 1 aromatic rings. The van der Waals surface area contributed by atoms with E-state index in [1.165, 1.54) is 37.7 Å². The van der Waals surface area contributed by atoms with E-state index in [9.17, 15) is 0 Å². The van der Waals surface area contributed by atoms with Crippen molar-refractivity contribution < 1.29 is 4.74 Å². The molecular weight excluding hydrogens is 234 g/mol. The highest BCUT2D eigenvalue weighted by Crippen LogP contribution is 2.22. The predicted octanol–water partition coefficient (Wildman–Crippen LogP) is 4.46. The quantitative estimate of drug-likeness (QED) is 0.816. The minimum atomic E-state index is 0.434. The Morgan fingerprint density at radius 1 is 1.16 bits per heavy atom. The van der Waals surface area contributed by atoms with Gasteiger partial charge >= 0.3 is 0 Å². The third kappa shape index (κ3) is 4.54. The van der Waals surface area contributed by atoms with Gasteiger partial charge in [0.05, 0.1) is 6.61 Å². The summed E-state index contributed by atoms with van der Waals surface area (Å²) in [6.07, 6.45) is 7.91. The number of nitrogens with one attached hydrogen (secondary N) is 1. The molecule has 0 saturated heterocycles. The van der Waals surface area contributed by atoms with Crippen LogP contribution in [0.2, 0.25) is 0 Å². The van der Waals surface area contributed by atoms with Crippen molar-refractivity contribution in [3.8, 4) is 5.75 Å². The topological polar surface area (TPSA) is 21.3 Å². The van der Waals surface area contributed by atoms with Gasteiger partial charge in [-0.25, -0.2) is 0 Å². The fraction of sp³-hybridized carbons (Fsp3) is 0.647. The van der Waals surface area contributed by atoms with E-state index >= 15 is 0 Å². The first-order chi connectivity index (χ1) is 9.29. The molecule has 1 aliphatic carbocycles. The zero-order valence-corrected chi connectivity index (χ0v) is 12.3. The number of benzene rings is 1. The Balaban J connectivity index is 1.85. The summed E-state index contributed by atoms with van der Waals surface area (Å²) in [6, 6.07) is 9.69. The monoisotopic (exact) mass is 261 g/mol. The van der Waals surface area contributed by atoms with Crippen LogP contribution in [0.15, 0.2) is 24.3 Å². The van der Waals surface area contributed by atoms with E-state index in [0.717, 1.165) is 18.8 Å². The van der Waals surface area contributed by atoms with E-state index in [4.69, 9.17) is 4.74 Å². The SMILES string of the molecule is CCCOc1ccc(C(C)NC2CCCCC2)cc1. The first-order valence-corrected chi connectivity index (χ1v) is 7.78. The Morgan fingerprint density at radius 3 is 2.47 bits per heavy atom. The summed E-state index contributed by atoms with van der Waals surface area (Å²) in [6.45, 7) is 5.19. The molecule has 0 aliphatic heterocycles. The van der Waals surface area contributed by atoms with E-state index in [0.29, 0.717) is 12.1 Å². The van der Waals surface area contributed by atoms with Crippen LogP contribution >= 0.6 is 0 Å². The zero-order valence-electron chi connectivity index (χ0n) is 12.3. The highest BCUT2D eigenvalue weighted by molar-refractivity contribution is 5.29. The molecule has 19 heavy (non-hydrogen) atoms. The molecule has 0 heterocycles. The number of hydrogen-bond acceptors (Lipinski definition) is 2. The number of ether oxygens (including phenoxy) is 1. The predicted molar refractivity (Wildman–Crippen MR) is 80.7 cm³/mol. The van der Waals surface area contributed by atoms with E-state index in [2.05, 4.69) is 43.4 Å². The van der Waals surface area contributed by atoms with Crippen molar-refractivity contribution >= 4 is 0 Å². The smallest absolute Gasteiger partial charge is 0.119 e. The van der Waals surface area contributed by atoms with Gasteiger partial charge in [-0.1, -0.05) is 38.3 Å². The molecular formula is C17H27NO. The lowest BCUT2D eigenvalue weighted by atomic mass is 9.94. The van der Waals surface area contributed by atoms with Crippen LogP contribution in [-0.4, -0.2) is 12.6 Å². The second-order valence-electron chi connectivity index (χ2n) is 5.64. The summed E-state index contributed by atoms with van der Waals surface area (Å²) in [7, 11) is 0. The molecule has 1 aliphatic rings. The first kappa shape index (κ1) is 14.4. The molecule has 106 valence electrons. The molecule has 2 rings (SSSR count). The lowest BCUT2D eigenvalue weighted by Crippen LogP contribution is -2.33. The molecule has 1 atom stereocenters. The molecule has 1 saturated carbocycles. The average molecular weight is 261 g/mol. The Bertz CT molecular complexity index is 354. The van der Waals surface area contributed by atoms with Crippen molar-refractivity contribution in [3.63, 3.8) is 0 Å². The molecule has 1 N–H and O–H groups in total. The maximum absolute atomic E-state index is 5.62. The molecule has 0 spiro atoms. The Labute approximate surface area is 117 Å². The maximum atomic E-state index is 5.62. The largest absolute Gasteiger partial charge is 0.494 e. The summed E-state index contributed by atoms with van der Waals surface area (Å²) in [5.74, 6) is 0.982. The van der Waals surface area contributed by atoms with Gasteiger partial charge < -0.3 is 10.1 Å². The lowest BCUT2D eigenvalue weighted by Gasteiger charge is -2.27. The minimum absolute atomic E-state index is 0.434. The van der Waals surface area contributed by atoms with Crippen LogP contribution in [0.25, 0.3) is 0 Å². The van der Waals surface area contributed by atoms with Crippen molar-refractivity contribution in [3.05, 3.63) is 29.8 Å². The summed E-state index contributed by atoms with van der Waals surface area (Å²) in [5, 5.41) is 3.76. The Kier molecular flexibility index (Phi) is 5.71. The molecule has 0 bridgehead atoms. The van der Waals surface area contributed by atoms with Gasteiger partial charge in [-0.2, -0.15) is 0 Å². The fourth-order valence-corrected chi connectivity index (χ4v) is 2.79. The molecule has 1 unspecified atom stereocenters. The van der Waals surface area contributed by atoms with Gasteiger partial charge in [0.2, 0.25) is 0 Å². The second kappa shape index (κ2) is 7.54. The number of rotatable bonds is 6. The standard InChI is InChI=1S/C17H27NO/c1-3-13-19-17-11-9-15(10-12-17)14(2)18-16-7-5-4-6-8-16/h9-12,14,16,18H,3-8,13H2,1-2H3. The van der Waals surface area contributed by atoms with Crippen molar-refractivity contribution in [2.45, 2.75) is 64.5 Å². The second-order valence-corrected chi connectivity index (χ2v) is 5.64. The van der Waals surface area contributed by atoms with Gasteiger partial charge in [0.15, 0.2) is 0 Å². The molecule has 0 radical (unpaired) electrons. The van der Waals surface area contributed by atoms with Gasteiger partial charge in [0.1, 0.15) is 5.75 Å². The molecule has 0 amide bonds. The van der Waals surface area contributed by atoms with Crippen molar-refractivity contribution in [1.29, 1.82) is 0 Å². The van der Waals surface area contributed by atoms with Crippen LogP contribution in [0.3, 0.4) is 0 Å². The summed E-state index contributed by atoms with van der Waals surface area (Å²) >= 11 is 0. The van der Waals surface area contributed by atoms with E-state index in [1.807, 2.05) is 0 Å². The van der Waals surface area contributed by atoms with Crippen LogP contribution in [-0.2, 0) is 0 Å². The maximum Gasteiger partial charge on any atom is 0.119 e. The van der Waals surface area contributed by atoms with Crippen LogP contribution in [0.1, 0.15) is 64.0 Å². The molecule has 2 heteroatoms. The van der Waals surface area contributed by atoms with Gasteiger partial charge in [0, 0.05) is 12.1 Å². The average Bonchev–Trinajstić information content (AvgIpc) is 2.46. The van der Waals surface area contributed by atoms with E-state index in [-0.39, 0.29) is 0 Å². The van der Waals surface area contributed by atoms with Crippen LogP contribution in [0.5, 0.6) is 5.75 Å². The van der Waals surface area contributed by atoms with Crippen molar-refractivity contribution in [2.75, 3.05) is 6.61 Å². The minimum Gasteiger partial charge on any atom is -0.494 e. The van der Waals surface area contributed by atoms with Crippen LogP contribution in [0.4, 0.5) is 0 Å². The fourth-order valence-electron chi connectivity index (χ4n) is 2.79. The van der Waals surface area contributed by atoms with Gasteiger partial charge in [-0.05, 0) is 43.9 Å². The van der Waals surface area contributed by atoms with E-state index < -0.39 is 0 Å². The van der Waals surface area contributed by atoms with Crippen LogP contribution in [0, 0.1) is 0 Å². The van der Waals surface area contributed by atoms with Gasteiger partial charge in [-0.15, -0.1) is 0 Å². The molecule has 1 aromatic carbocycles. The third-order valence-electron chi connectivity index (χ3n) is 3.94. The molecule has 2 nitrogen and oxygen atoms in total. The normalized spacial score (nSPS) is 18.2. The van der Waals surface area contributed by atoms with Gasteiger partial charge in [-0.3, -0.25) is 0 Å². The van der Waals surface area contributed by atoms with Crippen molar-refractivity contribution in [1.82, 2.24) is 5.32 Å². The van der Waals surface area contributed by atoms with Crippen LogP contribution < -0.4 is 10.1 Å². The molecule has 1 fully saturated rings. The van der Waals surface area contributed by atoms with Gasteiger partial charge in [0.25, 0.3) is 0 Å². The zero-order chi connectivity index (χ0) is 13.5. The summed E-state index contributed by atoms with van der Waals surface area (Å²) in [4.78, 5) is 0. The first-order valence-electron chi connectivity index (χ1n) is 7.78. The highest BCUT2D eigenvalue weighted by atomic mass is 16.5. The Hall–Kier alpha value is -1.02. The highest BCUT2D eigenvalue weighted by Gasteiger charge is 2.16. The Morgan fingerprint density at radius 2 is 1.84 bits per heavy atom. The van der Waals surface area contributed by atoms with E-state index in [1.54, 1.807) is 0 Å². The lowest BCUT2D eigenvalue weighted by molar-refractivity contribution is 0.317. The molecule has 0 aromatic heterocycles. The third-order valence-corrected chi connectivity index (χ3v) is 3.94.